The molecule has 3 nitrogen and oxygen atoms in total. The molecule has 0 bridgehead atoms. The van der Waals surface area contributed by atoms with Crippen LogP contribution in [0, 0.1) is 5.92 Å². The van der Waals surface area contributed by atoms with Gasteiger partial charge in [0.25, 0.3) is 0 Å². The van der Waals surface area contributed by atoms with E-state index < -0.39 is 0 Å². The molecule has 1 fully saturated rings. The predicted molar refractivity (Wildman–Crippen MR) is 65.3 cm³/mol. The van der Waals surface area contributed by atoms with Gasteiger partial charge in [-0.15, -0.1) is 0 Å². The van der Waals surface area contributed by atoms with Crippen LogP contribution in [0.15, 0.2) is 18.3 Å². The van der Waals surface area contributed by atoms with Crippen molar-refractivity contribution in [2.45, 2.75) is 32.4 Å². The first-order valence-corrected chi connectivity index (χ1v) is 6.18. The van der Waals surface area contributed by atoms with Gasteiger partial charge in [-0.25, -0.2) is 0 Å². The van der Waals surface area contributed by atoms with E-state index in [-0.39, 0.29) is 0 Å². The van der Waals surface area contributed by atoms with Crippen molar-refractivity contribution in [2.75, 3.05) is 13.2 Å². The maximum absolute atomic E-state index is 5.39. The predicted octanol–water partition coefficient (Wildman–Crippen LogP) is 1.93. The van der Waals surface area contributed by atoms with E-state index in [1.807, 2.05) is 0 Å². The first-order chi connectivity index (χ1) is 7.77. The molecule has 16 heavy (non-hydrogen) atoms. The number of hydrogen-bond donors (Lipinski definition) is 1. The van der Waals surface area contributed by atoms with Crippen molar-refractivity contribution in [3.8, 4) is 0 Å². The fraction of sp³-hybridized carbons (Fsp3) is 0.692. The van der Waals surface area contributed by atoms with Crippen LogP contribution in [-0.2, 0) is 18.3 Å². The molecule has 0 aromatic carbocycles. The Morgan fingerprint density at radius 3 is 2.88 bits per heavy atom. The largest absolute Gasteiger partial charge is 0.381 e. The summed E-state index contributed by atoms with van der Waals surface area (Å²) in [6.07, 6.45) is 4.48. The summed E-state index contributed by atoms with van der Waals surface area (Å²) >= 11 is 0. The number of hydrogen-bond acceptors (Lipinski definition) is 2. The van der Waals surface area contributed by atoms with Gasteiger partial charge in [-0.05, 0) is 37.8 Å². The van der Waals surface area contributed by atoms with Gasteiger partial charge in [0.2, 0.25) is 0 Å². The van der Waals surface area contributed by atoms with E-state index in [1.165, 1.54) is 18.5 Å². The van der Waals surface area contributed by atoms with Crippen LogP contribution in [0.5, 0.6) is 0 Å². The number of nitrogens with zero attached hydrogens (tertiary/aromatic N) is 1. The highest BCUT2D eigenvalue weighted by molar-refractivity contribution is 5.06. The second kappa shape index (κ2) is 5.51. The molecule has 0 amide bonds. The number of aryl methyl sites for hydroxylation is 1. The lowest BCUT2D eigenvalue weighted by Crippen LogP contribution is -2.36. The fourth-order valence-electron chi connectivity index (χ4n) is 2.33. The van der Waals surface area contributed by atoms with Crippen LogP contribution < -0.4 is 5.32 Å². The van der Waals surface area contributed by atoms with Gasteiger partial charge in [0.05, 0.1) is 0 Å². The molecule has 0 spiro atoms. The molecule has 0 saturated carbocycles. The molecule has 0 radical (unpaired) electrons. The molecule has 1 saturated heterocycles. The summed E-state index contributed by atoms with van der Waals surface area (Å²) in [5.41, 5.74) is 1.35. The highest BCUT2D eigenvalue weighted by Crippen LogP contribution is 2.18. The molecule has 0 unspecified atom stereocenters. The smallest absolute Gasteiger partial charge is 0.0469 e. The Morgan fingerprint density at radius 1 is 1.50 bits per heavy atom. The third-order valence-electron chi connectivity index (χ3n) is 3.63. The first kappa shape index (κ1) is 11.7. The van der Waals surface area contributed by atoms with Crippen molar-refractivity contribution < 1.29 is 4.74 Å². The van der Waals surface area contributed by atoms with Crippen molar-refractivity contribution in [3.05, 3.63) is 24.0 Å². The molecule has 3 heteroatoms. The lowest BCUT2D eigenvalue weighted by atomic mass is 9.93. The summed E-state index contributed by atoms with van der Waals surface area (Å²) in [6.45, 7) is 5.11. The second-order valence-corrected chi connectivity index (χ2v) is 4.73. The van der Waals surface area contributed by atoms with E-state index in [4.69, 9.17) is 4.74 Å². The fourth-order valence-corrected chi connectivity index (χ4v) is 2.33. The van der Waals surface area contributed by atoms with E-state index in [0.717, 1.165) is 25.7 Å². The standard InChI is InChI=1S/C13H22N2O/c1-11(12-5-8-16-9-6-12)14-10-13-4-3-7-15(13)2/h3-4,7,11-12,14H,5-6,8-10H2,1-2H3/t11-/m1/s1. The highest BCUT2D eigenvalue weighted by Gasteiger charge is 2.19. The zero-order valence-corrected chi connectivity index (χ0v) is 10.3. The van der Waals surface area contributed by atoms with Crippen LogP contribution in [0.2, 0.25) is 0 Å². The normalized spacial score (nSPS) is 19.9. The summed E-state index contributed by atoms with van der Waals surface area (Å²) in [4.78, 5) is 0. The molecule has 0 aliphatic carbocycles. The molecular formula is C13H22N2O. The van der Waals surface area contributed by atoms with Crippen LogP contribution in [0.4, 0.5) is 0 Å². The highest BCUT2D eigenvalue weighted by atomic mass is 16.5. The van der Waals surface area contributed by atoms with Crippen molar-refractivity contribution in [3.63, 3.8) is 0 Å². The van der Waals surface area contributed by atoms with Crippen molar-refractivity contribution in [1.29, 1.82) is 0 Å². The maximum Gasteiger partial charge on any atom is 0.0469 e. The van der Waals surface area contributed by atoms with Crippen LogP contribution in [-0.4, -0.2) is 23.8 Å². The minimum Gasteiger partial charge on any atom is -0.381 e. The van der Waals surface area contributed by atoms with Gasteiger partial charge in [0.15, 0.2) is 0 Å². The summed E-state index contributed by atoms with van der Waals surface area (Å²) in [5.74, 6) is 0.772. The van der Waals surface area contributed by atoms with Crippen molar-refractivity contribution in [1.82, 2.24) is 9.88 Å². The van der Waals surface area contributed by atoms with Gasteiger partial charge in [-0.1, -0.05) is 0 Å². The van der Waals surface area contributed by atoms with Crippen LogP contribution in [0.1, 0.15) is 25.5 Å². The van der Waals surface area contributed by atoms with Crippen LogP contribution >= 0.6 is 0 Å². The van der Waals surface area contributed by atoms with E-state index >= 15 is 0 Å². The molecule has 1 aliphatic heterocycles. The van der Waals surface area contributed by atoms with E-state index in [9.17, 15) is 0 Å². The van der Waals surface area contributed by atoms with Gasteiger partial charge in [0, 0.05) is 44.7 Å². The minimum absolute atomic E-state index is 0.582. The summed E-state index contributed by atoms with van der Waals surface area (Å²) in [6, 6.07) is 4.85. The van der Waals surface area contributed by atoms with Gasteiger partial charge >= 0.3 is 0 Å². The average molecular weight is 222 g/mol. The van der Waals surface area contributed by atoms with Crippen molar-refractivity contribution in [2.24, 2.45) is 13.0 Å². The zero-order chi connectivity index (χ0) is 11.4. The van der Waals surface area contributed by atoms with Gasteiger partial charge < -0.3 is 14.6 Å². The Labute approximate surface area is 97.8 Å². The minimum atomic E-state index is 0.582. The first-order valence-electron chi connectivity index (χ1n) is 6.18. The Kier molecular flexibility index (Phi) is 4.02. The van der Waals surface area contributed by atoms with E-state index in [2.05, 4.69) is 42.2 Å². The van der Waals surface area contributed by atoms with Crippen LogP contribution in [0.3, 0.4) is 0 Å². The third-order valence-corrected chi connectivity index (χ3v) is 3.63. The van der Waals surface area contributed by atoms with Gasteiger partial charge in [-0.2, -0.15) is 0 Å². The maximum atomic E-state index is 5.39. The molecular weight excluding hydrogens is 200 g/mol. The molecule has 2 heterocycles. The van der Waals surface area contributed by atoms with Gasteiger partial charge in [0.1, 0.15) is 0 Å². The number of rotatable bonds is 4. The van der Waals surface area contributed by atoms with E-state index in [0.29, 0.717) is 6.04 Å². The number of ether oxygens (including phenoxy) is 1. The van der Waals surface area contributed by atoms with E-state index in [1.54, 1.807) is 0 Å². The average Bonchev–Trinajstić information content (AvgIpc) is 2.73. The quantitative estimate of drug-likeness (QED) is 0.842. The Hall–Kier alpha value is -0.800. The lowest BCUT2D eigenvalue weighted by molar-refractivity contribution is 0.0557. The Bertz CT molecular complexity index is 315. The molecule has 90 valence electrons. The number of nitrogens with one attached hydrogen (secondary N) is 1. The topological polar surface area (TPSA) is 26.2 Å². The Morgan fingerprint density at radius 2 is 2.25 bits per heavy atom. The number of aromatic nitrogens is 1. The molecule has 1 aromatic heterocycles. The zero-order valence-electron chi connectivity index (χ0n) is 10.3. The molecule has 1 aromatic rings. The molecule has 1 atom stereocenters. The van der Waals surface area contributed by atoms with Crippen molar-refractivity contribution >= 4 is 0 Å². The summed E-state index contributed by atoms with van der Waals surface area (Å²) in [5, 5.41) is 3.62. The van der Waals surface area contributed by atoms with Gasteiger partial charge in [-0.3, -0.25) is 0 Å². The Balaban J connectivity index is 1.78. The SMILES string of the molecule is C[C@@H](NCc1cccn1C)C1CCOCC1. The molecule has 1 N–H and O–H groups in total. The third kappa shape index (κ3) is 2.86. The second-order valence-electron chi connectivity index (χ2n) is 4.73. The monoisotopic (exact) mass is 222 g/mol. The summed E-state index contributed by atoms with van der Waals surface area (Å²) in [7, 11) is 2.09. The lowest BCUT2D eigenvalue weighted by Gasteiger charge is -2.28. The van der Waals surface area contributed by atoms with Crippen LogP contribution in [0.25, 0.3) is 0 Å². The molecule has 2 rings (SSSR count). The summed E-state index contributed by atoms with van der Waals surface area (Å²) < 4.78 is 7.56. The molecule has 1 aliphatic rings.